The molecule has 1 saturated heterocycles. The third-order valence-electron chi connectivity index (χ3n) is 6.04. The lowest BCUT2D eigenvalue weighted by molar-refractivity contribution is -0.152. The van der Waals surface area contributed by atoms with Crippen LogP contribution in [0.1, 0.15) is 57.1 Å². The molecule has 1 aliphatic heterocycles. The molecule has 2 aromatic rings. The molecule has 4 rings (SSSR count). The van der Waals surface area contributed by atoms with Crippen LogP contribution in [0.3, 0.4) is 0 Å². The first-order valence-electron chi connectivity index (χ1n) is 9.48. The number of amides is 1. The Balaban J connectivity index is 1.52. The summed E-state index contributed by atoms with van der Waals surface area (Å²) in [7, 11) is 0. The molecule has 2 aromatic heterocycles. The van der Waals surface area contributed by atoms with Gasteiger partial charge in [0.15, 0.2) is 11.6 Å². The molecule has 1 saturated carbocycles. The van der Waals surface area contributed by atoms with E-state index >= 15 is 0 Å². The van der Waals surface area contributed by atoms with E-state index in [1.807, 2.05) is 17.9 Å². The summed E-state index contributed by atoms with van der Waals surface area (Å²) in [5, 5.41) is 3.91. The van der Waals surface area contributed by atoms with Gasteiger partial charge in [0.05, 0.1) is 23.9 Å². The number of ketones is 1. The Labute approximate surface area is 157 Å². The maximum Gasteiger partial charge on any atom is 0.229 e. The zero-order valence-corrected chi connectivity index (χ0v) is 15.4. The van der Waals surface area contributed by atoms with Crippen LogP contribution >= 0.6 is 0 Å². The average Bonchev–Trinajstić information content (AvgIpc) is 3.12. The van der Waals surface area contributed by atoms with Crippen molar-refractivity contribution in [3.05, 3.63) is 42.1 Å². The molecule has 1 aliphatic carbocycles. The number of pyridine rings is 1. The first-order valence-corrected chi connectivity index (χ1v) is 9.48. The van der Waals surface area contributed by atoms with Crippen LogP contribution in [0.2, 0.25) is 0 Å². The molecule has 142 valence electrons. The fraction of sp³-hybridized carbons (Fsp3) is 0.500. The summed E-state index contributed by atoms with van der Waals surface area (Å²) in [4.78, 5) is 31.2. The molecule has 0 bridgehead atoms. The maximum absolute atomic E-state index is 13.3. The summed E-state index contributed by atoms with van der Waals surface area (Å²) in [6, 6.07) is 3.59. The van der Waals surface area contributed by atoms with E-state index in [4.69, 9.17) is 0 Å². The summed E-state index contributed by atoms with van der Waals surface area (Å²) in [5.41, 5.74) is 0.573. The third-order valence-corrected chi connectivity index (χ3v) is 6.04. The lowest BCUT2D eigenvalue weighted by Crippen LogP contribution is -2.51. The van der Waals surface area contributed by atoms with Crippen molar-refractivity contribution in [2.24, 2.45) is 5.41 Å². The van der Waals surface area contributed by atoms with E-state index in [2.05, 4.69) is 10.1 Å². The van der Waals surface area contributed by atoms with Gasteiger partial charge in [0.25, 0.3) is 0 Å². The second kappa shape index (κ2) is 6.87. The summed E-state index contributed by atoms with van der Waals surface area (Å²) >= 11 is 0. The fourth-order valence-corrected chi connectivity index (χ4v) is 4.33. The number of carbonyl (C=O) groups excluding carboxylic acids is 2. The zero-order valence-electron chi connectivity index (χ0n) is 15.4. The van der Waals surface area contributed by atoms with Crippen LogP contribution in [0.5, 0.6) is 0 Å². The minimum Gasteiger partial charge on any atom is -0.335 e. The fourth-order valence-electron chi connectivity index (χ4n) is 4.33. The van der Waals surface area contributed by atoms with Gasteiger partial charge in [0.1, 0.15) is 5.78 Å². The Kier molecular flexibility index (Phi) is 4.53. The van der Waals surface area contributed by atoms with Gasteiger partial charge in [-0.05, 0) is 44.2 Å². The number of hydrogen-bond acceptors (Lipinski definition) is 4. The monoisotopic (exact) mass is 370 g/mol. The topological polar surface area (TPSA) is 68.1 Å². The molecule has 0 radical (unpaired) electrons. The first-order chi connectivity index (χ1) is 13.0. The number of halogens is 1. The summed E-state index contributed by atoms with van der Waals surface area (Å²) in [5.74, 6) is 0.562. The first kappa shape index (κ1) is 17.8. The predicted octanol–water partition coefficient (Wildman–Crippen LogP) is 3.22. The van der Waals surface area contributed by atoms with Crippen LogP contribution < -0.4 is 0 Å². The second-order valence-electron chi connectivity index (χ2n) is 7.65. The molecule has 0 N–H and O–H groups in total. The van der Waals surface area contributed by atoms with Crippen molar-refractivity contribution in [3.8, 4) is 5.82 Å². The van der Waals surface area contributed by atoms with E-state index in [1.54, 1.807) is 12.3 Å². The molecule has 1 amide bonds. The minimum absolute atomic E-state index is 0.0942. The van der Waals surface area contributed by atoms with E-state index in [-0.39, 0.29) is 23.1 Å². The number of nitrogens with zero attached hydrogens (tertiary/aromatic N) is 4. The number of piperidine rings is 1. The molecule has 6 nitrogen and oxygen atoms in total. The van der Waals surface area contributed by atoms with Crippen LogP contribution in [-0.2, 0) is 9.59 Å². The van der Waals surface area contributed by atoms with Crippen LogP contribution in [0, 0.1) is 11.2 Å². The van der Waals surface area contributed by atoms with Gasteiger partial charge in [-0.3, -0.25) is 9.59 Å². The smallest absolute Gasteiger partial charge is 0.229 e. The lowest BCUT2D eigenvalue weighted by atomic mass is 9.68. The number of Topliss-reactive ketones (excluding diaryl/α,β-unsaturated/α-hetero) is 1. The van der Waals surface area contributed by atoms with Crippen molar-refractivity contribution >= 4 is 11.7 Å². The van der Waals surface area contributed by atoms with Gasteiger partial charge < -0.3 is 4.90 Å². The highest BCUT2D eigenvalue weighted by Crippen LogP contribution is 2.45. The molecule has 1 atom stereocenters. The number of rotatable bonds is 3. The Morgan fingerprint density at radius 3 is 2.56 bits per heavy atom. The van der Waals surface area contributed by atoms with Gasteiger partial charge in [0.2, 0.25) is 5.91 Å². The third kappa shape index (κ3) is 3.26. The molecular weight excluding hydrogens is 347 g/mol. The molecule has 27 heavy (non-hydrogen) atoms. The van der Waals surface area contributed by atoms with Gasteiger partial charge in [0, 0.05) is 25.6 Å². The standard InChI is InChI=1S/C20H23FN4O2/c1-14(15-3-4-18(22-11-15)25-13-16(21)12-23-25)24-10-2-7-20(19(24)27)8-5-17(26)6-9-20/h3-4,11-14H,2,5-10H2,1H3. The quantitative estimate of drug-likeness (QED) is 0.832. The predicted molar refractivity (Wildman–Crippen MR) is 96.6 cm³/mol. The van der Waals surface area contributed by atoms with Crippen LogP contribution in [0.15, 0.2) is 30.7 Å². The molecule has 2 fully saturated rings. The van der Waals surface area contributed by atoms with E-state index in [0.717, 1.165) is 31.1 Å². The zero-order chi connectivity index (χ0) is 19.0. The van der Waals surface area contributed by atoms with Gasteiger partial charge in [-0.25, -0.2) is 14.1 Å². The van der Waals surface area contributed by atoms with Crippen LogP contribution in [0.25, 0.3) is 5.82 Å². The van der Waals surface area contributed by atoms with E-state index < -0.39 is 5.82 Å². The molecule has 0 aromatic carbocycles. The highest BCUT2D eigenvalue weighted by atomic mass is 19.1. The van der Waals surface area contributed by atoms with Crippen molar-refractivity contribution in [2.75, 3.05) is 6.54 Å². The Morgan fingerprint density at radius 2 is 1.93 bits per heavy atom. The Bertz CT molecular complexity index is 851. The van der Waals surface area contributed by atoms with Crippen molar-refractivity contribution in [2.45, 2.75) is 51.5 Å². The molecule has 1 spiro atoms. The maximum atomic E-state index is 13.3. The normalized spacial score (nSPS) is 20.9. The van der Waals surface area contributed by atoms with Crippen LogP contribution in [0.4, 0.5) is 4.39 Å². The molecule has 7 heteroatoms. The van der Waals surface area contributed by atoms with Crippen molar-refractivity contribution in [3.63, 3.8) is 0 Å². The number of hydrogen-bond donors (Lipinski definition) is 0. The van der Waals surface area contributed by atoms with Gasteiger partial charge in [-0.1, -0.05) is 6.07 Å². The molecule has 2 aliphatic rings. The van der Waals surface area contributed by atoms with Crippen molar-refractivity contribution < 1.29 is 14.0 Å². The highest BCUT2D eigenvalue weighted by Gasteiger charge is 2.46. The lowest BCUT2D eigenvalue weighted by Gasteiger charge is -2.45. The Hall–Kier alpha value is -2.57. The van der Waals surface area contributed by atoms with Crippen LogP contribution in [-0.4, -0.2) is 37.9 Å². The highest BCUT2D eigenvalue weighted by molar-refractivity contribution is 5.88. The summed E-state index contributed by atoms with van der Waals surface area (Å²) < 4.78 is 14.5. The summed E-state index contributed by atoms with van der Waals surface area (Å²) in [6.45, 7) is 2.73. The number of carbonyl (C=O) groups is 2. The van der Waals surface area contributed by atoms with Crippen molar-refractivity contribution in [1.82, 2.24) is 19.7 Å². The van der Waals surface area contributed by atoms with Gasteiger partial charge in [-0.2, -0.15) is 5.10 Å². The largest absolute Gasteiger partial charge is 0.335 e. The van der Waals surface area contributed by atoms with Gasteiger partial charge in [-0.15, -0.1) is 0 Å². The summed E-state index contributed by atoms with van der Waals surface area (Å²) in [6.07, 6.45) is 8.36. The van der Waals surface area contributed by atoms with E-state index in [0.29, 0.717) is 31.5 Å². The average molecular weight is 370 g/mol. The van der Waals surface area contributed by atoms with Gasteiger partial charge >= 0.3 is 0 Å². The van der Waals surface area contributed by atoms with E-state index in [9.17, 15) is 14.0 Å². The minimum atomic E-state index is -0.413. The number of likely N-dealkylation sites (tertiary alicyclic amines) is 1. The molecular formula is C20H23FN4O2. The Morgan fingerprint density at radius 1 is 1.15 bits per heavy atom. The van der Waals surface area contributed by atoms with E-state index in [1.165, 1.54) is 10.9 Å². The molecule has 1 unspecified atom stereocenters. The number of aromatic nitrogens is 3. The molecule has 3 heterocycles. The van der Waals surface area contributed by atoms with Crippen molar-refractivity contribution in [1.29, 1.82) is 0 Å². The second-order valence-corrected chi connectivity index (χ2v) is 7.65. The SMILES string of the molecule is CC(c1ccc(-n2cc(F)cn2)nc1)N1CCCC2(CCC(=O)CC2)C1=O.